The number of nitrogens with one attached hydrogen (secondary N) is 1. The molecule has 1 fully saturated rings. The molecule has 0 amide bonds. The van der Waals surface area contributed by atoms with E-state index in [4.69, 9.17) is 5.73 Å². The molecule has 0 unspecified atom stereocenters. The van der Waals surface area contributed by atoms with Gasteiger partial charge in [0.1, 0.15) is 0 Å². The van der Waals surface area contributed by atoms with E-state index >= 15 is 0 Å². The fourth-order valence-corrected chi connectivity index (χ4v) is 1.45. The Morgan fingerprint density at radius 2 is 2.55 bits per heavy atom. The van der Waals surface area contributed by atoms with Crippen molar-refractivity contribution in [2.45, 2.75) is 19.4 Å². The second kappa shape index (κ2) is 4.23. The highest BCUT2D eigenvalue weighted by molar-refractivity contribution is 4.85. The average Bonchev–Trinajstić information content (AvgIpc) is 2.48. The van der Waals surface area contributed by atoms with Gasteiger partial charge in [-0.3, -0.25) is 0 Å². The van der Waals surface area contributed by atoms with Gasteiger partial charge in [0.05, 0.1) is 0 Å². The van der Waals surface area contributed by atoms with Crippen LogP contribution in [0.5, 0.6) is 0 Å². The van der Waals surface area contributed by atoms with E-state index in [2.05, 4.69) is 17.1 Å². The zero-order chi connectivity index (χ0) is 8.10. The van der Waals surface area contributed by atoms with Crippen LogP contribution in [0.1, 0.15) is 13.3 Å². The first-order valence-electron chi connectivity index (χ1n) is 4.22. The Hall–Kier alpha value is -0.700. The monoisotopic (exact) mass is 155 g/mol. The molecule has 0 aliphatic carbocycles. The SMILES string of the molecule is CCN1CC[C@@H](N/C=C\N)C1. The van der Waals surface area contributed by atoms with Crippen molar-refractivity contribution in [1.29, 1.82) is 0 Å². The van der Waals surface area contributed by atoms with Crippen LogP contribution in [0.3, 0.4) is 0 Å². The van der Waals surface area contributed by atoms with Crippen molar-refractivity contribution in [3.63, 3.8) is 0 Å². The van der Waals surface area contributed by atoms with Crippen LogP contribution < -0.4 is 11.1 Å². The van der Waals surface area contributed by atoms with Crippen LogP contribution in [-0.2, 0) is 0 Å². The van der Waals surface area contributed by atoms with Gasteiger partial charge < -0.3 is 16.0 Å². The minimum Gasteiger partial charge on any atom is -0.403 e. The van der Waals surface area contributed by atoms with Gasteiger partial charge in [0.25, 0.3) is 0 Å². The fraction of sp³-hybridized carbons (Fsp3) is 0.750. The molecule has 64 valence electrons. The van der Waals surface area contributed by atoms with Crippen molar-refractivity contribution in [3.8, 4) is 0 Å². The molecule has 0 saturated carbocycles. The molecule has 0 aromatic rings. The van der Waals surface area contributed by atoms with Gasteiger partial charge in [-0.05, 0) is 13.0 Å². The van der Waals surface area contributed by atoms with E-state index in [-0.39, 0.29) is 0 Å². The van der Waals surface area contributed by atoms with Crippen LogP contribution in [0.2, 0.25) is 0 Å². The lowest BCUT2D eigenvalue weighted by Gasteiger charge is -2.12. The highest BCUT2D eigenvalue weighted by Gasteiger charge is 2.18. The summed E-state index contributed by atoms with van der Waals surface area (Å²) in [6.45, 7) is 5.72. The number of rotatable bonds is 3. The smallest absolute Gasteiger partial charge is 0.0395 e. The van der Waals surface area contributed by atoms with Gasteiger partial charge in [-0.1, -0.05) is 6.92 Å². The second-order valence-electron chi connectivity index (χ2n) is 2.90. The molecule has 1 atom stereocenters. The third-order valence-electron chi connectivity index (χ3n) is 2.15. The van der Waals surface area contributed by atoms with Crippen LogP contribution >= 0.6 is 0 Å². The first-order valence-corrected chi connectivity index (χ1v) is 4.22. The lowest BCUT2D eigenvalue weighted by Crippen LogP contribution is -2.29. The number of hydrogen-bond acceptors (Lipinski definition) is 3. The maximum atomic E-state index is 5.22. The number of likely N-dealkylation sites (tertiary alicyclic amines) is 1. The summed E-state index contributed by atoms with van der Waals surface area (Å²) in [5.74, 6) is 0. The van der Waals surface area contributed by atoms with Crippen molar-refractivity contribution in [3.05, 3.63) is 12.4 Å². The van der Waals surface area contributed by atoms with E-state index in [0.717, 1.165) is 13.1 Å². The summed E-state index contributed by atoms with van der Waals surface area (Å²) in [4.78, 5) is 2.43. The Morgan fingerprint density at radius 1 is 1.73 bits per heavy atom. The zero-order valence-electron chi connectivity index (χ0n) is 7.09. The Kier molecular flexibility index (Phi) is 3.23. The Labute approximate surface area is 68.2 Å². The molecule has 0 bridgehead atoms. The van der Waals surface area contributed by atoms with Crippen LogP contribution in [0.25, 0.3) is 0 Å². The third-order valence-corrected chi connectivity index (χ3v) is 2.15. The molecule has 1 aliphatic heterocycles. The van der Waals surface area contributed by atoms with Crippen LogP contribution in [-0.4, -0.2) is 30.6 Å². The van der Waals surface area contributed by atoms with E-state index in [1.165, 1.54) is 13.0 Å². The molecule has 1 aliphatic rings. The molecule has 1 saturated heterocycles. The molecule has 11 heavy (non-hydrogen) atoms. The van der Waals surface area contributed by atoms with Crippen molar-refractivity contribution in [2.24, 2.45) is 5.73 Å². The lowest BCUT2D eigenvalue weighted by atomic mass is 10.3. The van der Waals surface area contributed by atoms with Crippen molar-refractivity contribution >= 4 is 0 Å². The maximum absolute atomic E-state index is 5.22. The van der Waals surface area contributed by atoms with Crippen LogP contribution in [0, 0.1) is 0 Å². The topological polar surface area (TPSA) is 41.3 Å². The number of likely N-dealkylation sites (N-methyl/N-ethyl adjacent to an activating group) is 1. The maximum Gasteiger partial charge on any atom is 0.0395 e. The minimum absolute atomic E-state index is 0.606. The Balaban J connectivity index is 2.19. The van der Waals surface area contributed by atoms with E-state index in [0.29, 0.717) is 6.04 Å². The molecule has 3 heteroatoms. The van der Waals surface area contributed by atoms with Crippen molar-refractivity contribution in [2.75, 3.05) is 19.6 Å². The van der Waals surface area contributed by atoms with Gasteiger partial charge in [-0.2, -0.15) is 0 Å². The first-order chi connectivity index (χ1) is 5.36. The van der Waals surface area contributed by atoms with Crippen molar-refractivity contribution < 1.29 is 0 Å². The van der Waals surface area contributed by atoms with Gasteiger partial charge in [0.2, 0.25) is 0 Å². The van der Waals surface area contributed by atoms with E-state index in [1.807, 2.05) is 6.20 Å². The molecule has 0 aromatic carbocycles. The van der Waals surface area contributed by atoms with E-state index in [1.54, 1.807) is 6.20 Å². The standard InChI is InChI=1S/C8H17N3/c1-2-11-6-3-8(7-11)10-5-4-9/h4-5,8,10H,2-3,6-7,9H2,1H3/b5-4-/t8-/m1/s1. The van der Waals surface area contributed by atoms with E-state index in [9.17, 15) is 0 Å². The largest absolute Gasteiger partial charge is 0.403 e. The summed E-state index contributed by atoms with van der Waals surface area (Å²) >= 11 is 0. The second-order valence-corrected chi connectivity index (χ2v) is 2.90. The van der Waals surface area contributed by atoms with Gasteiger partial charge in [-0.25, -0.2) is 0 Å². The summed E-state index contributed by atoms with van der Waals surface area (Å²) in [6, 6.07) is 0.606. The molecule has 0 radical (unpaired) electrons. The lowest BCUT2D eigenvalue weighted by molar-refractivity contribution is 0.350. The van der Waals surface area contributed by atoms with Gasteiger partial charge in [0, 0.05) is 31.5 Å². The number of hydrogen-bond donors (Lipinski definition) is 2. The molecular formula is C8H17N3. The quantitative estimate of drug-likeness (QED) is 0.607. The molecule has 0 aromatic heterocycles. The number of nitrogens with two attached hydrogens (primary N) is 1. The van der Waals surface area contributed by atoms with Gasteiger partial charge in [-0.15, -0.1) is 0 Å². The molecule has 3 nitrogen and oxygen atoms in total. The van der Waals surface area contributed by atoms with Crippen LogP contribution in [0.15, 0.2) is 12.4 Å². The highest BCUT2D eigenvalue weighted by atomic mass is 15.2. The molecule has 1 heterocycles. The predicted molar refractivity (Wildman–Crippen MR) is 47.0 cm³/mol. The summed E-state index contributed by atoms with van der Waals surface area (Å²) in [5.41, 5.74) is 5.22. The minimum atomic E-state index is 0.606. The summed E-state index contributed by atoms with van der Waals surface area (Å²) in [5, 5.41) is 3.25. The highest BCUT2D eigenvalue weighted by Crippen LogP contribution is 2.07. The molecule has 3 N–H and O–H groups in total. The Morgan fingerprint density at radius 3 is 3.09 bits per heavy atom. The molecular weight excluding hydrogens is 138 g/mol. The van der Waals surface area contributed by atoms with Gasteiger partial charge in [0.15, 0.2) is 0 Å². The van der Waals surface area contributed by atoms with Crippen molar-refractivity contribution in [1.82, 2.24) is 10.2 Å². The molecule has 1 rings (SSSR count). The van der Waals surface area contributed by atoms with Crippen LogP contribution in [0.4, 0.5) is 0 Å². The third kappa shape index (κ3) is 2.42. The predicted octanol–water partition coefficient (Wildman–Crippen LogP) is 0.100. The average molecular weight is 155 g/mol. The zero-order valence-corrected chi connectivity index (χ0v) is 7.09. The first kappa shape index (κ1) is 8.40. The summed E-state index contributed by atoms with van der Waals surface area (Å²) < 4.78 is 0. The molecule has 0 spiro atoms. The van der Waals surface area contributed by atoms with Gasteiger partial charge >= 0.3 is 0 Å². The summed E-state index contributed by atoms with van der Waals surface area (Å²) in [7, 11) is 0. The van der Waals surface area contributed by atoms with E-state index < -0.39 is 0 Å². The summed E-state index contributed by atoms with van der Waals surface area (Å²) in [6.07, 6.45) is 4.61. The Bertz CT molecular complexity index is 133. The fourth-order valence-electron chi connectivity index (χ4n) is 1.45. The normalized spacial score (nSPS) is 26.5. The number of nitrogens with zero attached hydrogens (tertiary/aromatic N) is 1.